The lowest BCUT2D eigenvalue weighted by Crippen LogP contribution is -2.47. The second-order valence-electron chi connectivity index (χ2n) is 6.85. The minimum Gasteiger partial charge on any atom is -0.481 e. The molecule has 2 fully saturated rings. The quantitative estimate of drug-likeness (QED) is 0.772. The van der Waals surface area contributed by atoms with Crippen LogP contribution in [0, 0.1) is 5.41 Å². The minimum absolute atomic E-state index is 0.468. The fourth-order valence-electron chi connectivity index (χ4n) is 4.18. The molecule has 0 aromatic heterocycles. The molecule has 0 amide bonds. The molecule has 3 nitrogen and oxygen atoms in total. The van der Waals surface area contributed by atoms with Gasteiger partial charge >= 0.3 is 5.97 Å². The van der Waals surface area contributed by atoms with Crippen molar-refractivity contribution >= 4 is 5.97 Å². The van der Waals surface area contributed by atoms with Gasteiger partial charge in [-0.15, -0.1) is 0 Å². The second-order valence-corrected chi connectivity index (χ2v) is 6.85. The van der Waals surface area contributed by atoms with Crippen LogP contribution in [0.4, 0.5) is 0 Å². The van der Waals surface area contributed by atoms with E-state index in [0.29, 0.717) is 6.04 Å². The molecule has 2 aliphatic carbocycles. The summed E-state index contributed by atoms with van der Waals surface area (Å²) < 4.78 is 0. The van der Waals surface area contributed by atoms with Crippen molar-refractivity contribution in [3.05, 3.63) is 0 Å². The first kappa shape index (κ1) is 15.8. The van der Waals surface area contributed by atoms with Gasteiger partial charge in [-0.3, -0.25) is 9.69 Å². The van der Waals surface area contributed by atoms with Gasteiger partial charge in [-0.2, -0.15) is 0 Å². The SMILES string of the molecule is CCN(CC1(C(=O)O)CCCCCC1)C1CCCCC1. The van der Waals surface area contributed by atoms with Gasteiger partial charge in [0.15, 0.2) is 0 Å². The Bertz CT molecular complexity index is 302. The molecule has 0 unspecified atom stereocenters. The lowest BCUT2D eigenvalue weighted by Gasteiger charge is -2.40. The van der Waals surface area contributed by atoms with Crippen LogP contribution in [-0.4, -0.2) is 35.1 Å². The van der Waals surface area contributed by atoms with Crippen LogP contribution in [0.15, 0.2) is 0 Å². The summed E-state index contributed by atoms with van der Waals surface area (Å²) in [5, 5.41) is 9.83. The van der Waals surface area contributed by atoms with Gasteiger partial charge in [-0.25, -0.2) is 0 Å². The van der Waals surface area contributed by atoms with E-state index in [4.69, 9.17) is 0 Å². The Morgan fingerprint density at radius 3 is 2.10 bits per heavy atom. The van der Waals surface area contributed by atoms with Crippen molar-refractivity contribution in [2.45, 2.75) is 83.6 Å². The van der Waals surface area contributed by atoms with Crippen molar-refractivity contribution < 1.29 is 9.90 Å². The summed E-state index contributed by atoms with van der Waals surface area (Å²) in [5.74, 6) is -0.548. The molecule has 2 rings (SSSR count). The van der Waals surface area contributed by atoms with E-state index in [-0.39, 0.29) is 0 Å². The normalized spacial score (nSPS) is 24.5. The van der Waals surface area contributed by atoms with Gasteiger partial charge in [0.05, 0.1) is 5.41 Å². The number of carboxylic acids is 1. The maximum Gasteiger partial charge on any atom is 0.310 e. The molecule has 2 saturated carbocycles. The number of hydrogen-bond acceptors (Lipinski definition) is 2. The average Bonchev–Trinajstić information content (AvgIpc) is 2.72. The molecule has 1 N–H and O–H groups in total. The first-order valence-electron chi connectivity index (χ1n) is 8.65. The summed E-state index contributed by atoms with van der Waals surface area (Å²) >= 11 is 0. The smallest absolute Gasteiger partial charge is 0.310 e. The topological polar surface area (TPSA) is 40.5 Å². The molecule has 3 heteroatoms. The first-order chi connectivity index (χ1) is 9.68. The van der Waals surface area contributed by atoms with Gasteiger partial charge in [0.1, 0.15) is 0 Å². The van der Waals surface area contributed by atoms with Gasteiger partial charge in [0, 0.05) is 12.6 Å². The summed E-state index contributed by atoms with van der Waals surface area (Å²) in [7, 11) is 0. The van der Waals surface area contributed by atoms with Crippen LogP contribution in [0.2, 0.25) is 0 Å². The van der Waals surface area contributed by atoms with Gasteiger partial charge in [0.2, 0.25) is 0 Å². The largest absolute Gasteiger partial charge is 0.481 e. The highest BCUT2D eigenvalue weighted by Gasteiger charge is 2.41. The summed E-state index contributed by atoms with van der Waals surface area (Å²) in [6.07, 6.45) is 12.9. The van der Waals surface area contributed by atoms with Crippen molar-refractivity contribution in [1.29, 1.82) is 0 Å². The van der Waals surface area contributed by atoms with Crippen molar-refractivity contribution in [2.75, 3.05) is 13.1 Å². The Kier molecular flexibility index (Phi) is 5.88. The highest BCUT2D eigenvalue weighted by Crippen LogP contribution is 2.37. The molecule has 0 aromatic rings. The molecular weight excluding hydrogens is 250 g/mol. The molecule has 116 valence electrons. The van der Waals surface area contributed by atoms with Gasteiger partial charge in [-0.05, 0) is 32.2 Å². The van der Waals surface area contributed by atoms with E-state index in [9.17, 15) is 9.90 Å². The fourth-order valence-corrected chi connectivity index (χ4v) is 4.18. The molecule has 0 saturated heterocycles. The molecule has 0 bridgehead atoms. The van der Waals surface area contributed by atoms with E-state index in [0.717, 1.165) is 38.8 Å². The number of aliphatic carboxylic acids is 1. The molecular formula is C17H31NO2. The van der Waals surface area contributed by atoms with Crippen LogP contribution < -0.4 is 0 Å². The van der Waals surface area contributed by atoms with Crippen LogP contribution in [0.3, 0.4) is 0 Å². The second kappa shape index (κ2) is 7.44. The van der Waals surface area contributed by atoms with Crippen LogP contribution in [0.25, 0.3) is 0 Å². The third-order valence-electron chi connectivity index (χ3n) is 5.52. The number of hydrogen-bond donors (Lipinski definition) is 1. The third-order valence-corrected chi connectivity index (χ3v) is 5.52. The van der Waals surface area contributed by atoms with E-state index < -0.39 is 11.4 Å². The molecule has 0 aliphatic heterocycles. The maximum atomic E-state index is 11.9. The lowest BCUT2D eigenvalue weighted by atomic mass is 9.79. The minimum atomic E-state index is -0.548. The van der Waals surface area contributed by atoms with Crippen molar-refractivity contribution in [2.24, 2.45) is 5.41 Å². The van der Waals surface area contributed by atoms with E-state index in [1.807, 2.05) is 0 Å². The number of rotatable bonds is 5. The van der Waals surface area contributed by atoms with E-state index in [1.165, 1.54) is 44.9 Å². The zero-order valence-corrected chi connectivity index (χ0v) is 13.1. The van der Waals surface area contributed by atoms with Crippen LogP contribution in [-0.2, 0) is 4.79 Å². The van der Waals surface area contributed by atoms with Crippen molar-refractivity contribution in [1.82, 2.24) is 4.90 Å². The zero-order chi connectivity index (χ0) is 14.4. The molecule has 0 aromatic carbocycles. The van der Waals surface area contributed by atoms with E-state index >= 15 is 0 Å². The van der Waals surface area contributed by atoms with Gasteiger partial charge < -0.3 is 5.11 Å². The number of nitrogens with zero attached hydrogens (tertiary/aromatic N) is 1. The van der Waals surface area contributed by atoms with Crippen molar-refractivity contribution in [3.63, 3.8) is 0 Å². The Morgan fingerprint density at radius 1 is 1.05 bits per heavy atom. The highest BCUT2D eigenvalue weighted by molar-refractivity contribution is 5.75. The van der Waals surface area contributed by atoms with Crippen LogP contribution >= 0.6 is 0 Å². The summed E-state index contributed by atoms with van der Waals surface area (Å²) in [6.45, 7) is 3.98. The molecule has 2 aliphatic rings. The number of carbonyl (C=O) groups is 1. The summed E-state index contributed by atoms with van der Waals surface area (Å²) in [5.41, 5.74) is -0.468. The van der Waals surface area contributed by atoms with E-state index in [1.54, 1.807) is 0 Å². The highest BCUT2D eigenvalue weighted by atomic mass is 16.4. The molecule has 0 radical (unpaired) electrons. The molecule has 0 heterocycles. The standard InChI is InChI=1S/C17H31NO2/c1-2-18(15-10-6-5-7-11-15)14-17(16(19)20)12-8-3-4-9-13-17/h15H,2-14H2,1H3,(H,19,20). The Labute approximate surface area is 123 Å². The molecule has 0 atom stereocenters. The Hall–Kier alpha value is -0.570. The fraction of sp³-hybridized carbons (Fsp3) is 0.941. The summed E-state index contributed by atoms with van der Waals surface area (Å²) in [6, 6.07) is 0.633. The number of carboxylic acid groups (broad SMARTS) is 1. The van der Waals surface area contributed by atoms with Crippen molar-refractivity contribution in [3.8, 4) is 0 Å². The molecule has 0 spiro atoms. The first-order valence-corrected chi connectivity index (χ1v) is 8.65. The Balaban J connectivity index is 2.06. The molecule has 20 heavy (non-hydrogen) atoms. The predicted octanol–water partition coefficient (Wildman–Crippen LogP) is 4.07. The van der Waals surface area contributed by atoms with Crippen LogP contribution in [0.1, 0.15) is 77.6 Å². The van der Waals surface area contributed by atoms with Gasteiger partial charge in [0.25, 0.3) is 0 Å². The monoisotopic (exact) mass is 281 g/mol. The predicted molar refractivity (Wildman–Crippen MR) is 81.9 cm³/mol. The Morgan fingerprint density at radius 2 is 1.60 bits per heavy atom. The van der Waals surface area contributed by atoms with Gasteiger partial charge in [-0.1, -0.05) is 51.9 Å². The van der Waals surface area contributed by atoms with E-state index in [2.05, 4.69) is 11.8 Å². The van der Waals surface area contributed by atoms with Crippen LogP contribution in [0.5, 0.6) is 0 Å². The third kappa shape index (κ3) is 3.75. The lowest BCUT2D eigenvalue weighted by molar-refractivity contribution is -0.151. The summed E-state index contributed by atoms with van der Waals surface area (Å²) in [4.78, 5) is 14.4. The average molecular weight is 281 g/mol. The maximum absolute atomic E-state index is 11.9. The zero-order valence-electron chi connectivity index (χ0n) is 13.1.